The Morgan fingerprint density at radius 3 is 2.75 bits per heavy atom. The summed E-state index contributed by atoms with van der Waals surface area (Å²) in [6.07, 6.45) is 0. The number of rotatable bonds is 5. The number of ether oxygens (including phenoxy) is 1. The molecule has 0 bridgehead atoms. The number of nitrogens with two attached hydrogens (primary N) is 1. The summed E-state index contributed by atoms with van der Waals surface area (Å²) in [5.74, 6) is 0.0423. The summed E-state index contributed by atoms with van der Waals surface area (Å²) in [5, 5.41) is 8.78. The third-order valence-corrected chi connectivity index (χ3v) is 2.07. The van der Waals surface area contributed by atoms with Gasteiger partial charge < -0.3 is 15.6 Å². The van der Waals surface area contributed by atoms with Crippen LogP contribution in [0.5, 0.6) is 5.75 Å². The Balaban J connectivity index is 2.74. The molecule has 88 valence electrons. The molecule has 0 aliphatic carbocycles. The largest absolute Gasteiger partial charge is 0.493 e. The van der Waals surface area contributed by atoms with Gasteiger partial charge in [0.15, 0.2) is 0 Å². The van der Waals surface area contributed by atoms with Crippen LogP contribution in [0.2, 0.25) is 0 Å². The van der Waals surface area contributed by atoms with Gasteiger partial charge >= 0.3 is 5.97 Å². The quantitative estimate of drug-likeness (QED) is 0.798. The smallest absolute Gasteiger partial charge is 0.325 e. The lowest BCUT2D eigenvalue weighted by atomic mass is 10.1. The Kier molecular flexibility index (Phi) is 4.31. The highest BCUT2D eigenvalue weighted by atomic mass is 16.5. The fraction of sp³-hybridized carbons (Fsp3) is 0.417. The van der Waals surface area contributed by atoms with Crippen molar-refractivity contribution in [1.29, 1.82) is 0 Å². The molecule has 0 unspecified atom stereocenters. The van der Waals surface area contributed by atoms with Crippen molar-refractivity contribution in [2.45, 2.75) is 19.9 Å². The Morgan fingerprint density at radius 2 is 2.19 bits per heavy atom. The number of carboxylic acids is 1. The van der Waals surface area contributed by atoms with E-state index in [-0.39, 0.29) is 0 Å². The van der Waals surface area contributed by atoms with Crippen LogP contribution < -0.4 is 10.5 Å². The first-order valence-corrected chi connectivity index (χ1v) is 5.22. The van der Waals surface area contributed by atoms with Gasteiger partial charge in [0.2, 0.25) is 0 Å². The summed E-state index contributed by atoms with van der Waals surface area (Å²) in [5.41, 5.74) is 6.06. The summed E-state index contributed by atoms with van der Waals surface area (Å²) in [4.78, 5) is 10.7. The second kappa shape index (κ2) is 5.51. The van der Waals surface area contributed by atoms with Gasteiger partial charge in [-0.3, -0.25) is 4.79 Å². The van der Waals surface area contributed by atoms with Gasteiger partial charge in [0.05, 0.1) is 6.61 Å². The molecule has 1 aromatic rings. The molecule has 4 heteroatoms. The van der Waals surface area contributed by atoms with Crippen LogP contribution in [0, 0.1) is 5.92 Å². The van der Waals surface area contributed by atoms with Gasteiger partial charge in [0, 0.05) is 0 Å². The molecular weight excluding hydrogens is 206 g/mol. The van der Waals surface area contributed by atoms with Gasteiger partial charge in [-0.25, -0.2) is 0 Å². The van der Waals surface area contributed by atoms with E-state index in [1.54, 1.807) is 24.3 Å². The standard InChI is InChI=1S/C12H17NO3/c1-8(2)7-16-10-5-3-4-9(6-10)11(13)12(14)15/h3-6,8,11H,7,13H2,1-2H3,(H,14,15)/t11-/m0/s1. The van der Waals surface area contributed by atoms with Crippen LogP contribution in [-0.2, 0) is 4.79 Å². The van der Waals surface area contributed by atoms with Gasteiger partial charge in [-0.1, -0.05) is 26.0 Å². The maximum absolute atomic E-state index is 10.7. The number of hydrogen-bond donors (Lipinski definition) is 2. The first-order chi connectivity index (χ1) is 7.50. The average Bonchev–Trinajstić information content (AvgIpc) is 2.25. The lowest BCUT2D eigenvalue weighted by Gasteiger charge is -2.11. The van der Waals surface area contributed by atoms with Crippen molar-refractivity contribution in [1.82, 2.24) is 0 Å². The van der Waals surface area contributed by atoms with E-state index in [1.807, 2.05) is 13.8 Å². The lowest BCUT2D eigenvalue weighted by molar-refractivity contribution is -0.138. The van der Waals surface area contributed by atoms with Crippen LogP contribution in [0.25, 0.3) is 0 Å². The molecule has 0 spiro atoms. The van der Waals surface area contributed by atoms with E-state index in [0.29, 0.717) is 23.8 Å². The van der Waals surface area contributed by atoms with E-state index in [0.717, 1.165) is 0 Å². The molecular formula is C12H17NO3. The second-order valence-corrected chi connectivity index (χ2v) is 4.09. The molecule has 0 fully saturated rings. The highest BCUT2D eigenvalue weighted by Gasteiger charge is 2.14. The Bertz CT molecular complexity index is 363. The van der Waals surface area contributed by atoms with Gasteiger partial charge in [-0.15, -0.1) is 0 Å². The number of hydrogen-bond acceptors (Lipinski definition) is 3. The minimum absolute atomic E-state index is 0.428. The van der Waals surface area contributed by atoms with Crippen LogP contribution in [-0.4, -0.2) is 17.7 Å². The summed E-state index contributed by atoms with van der Waals surface area (Å²) < 4.78 is 5.49. The zero-order valence-corrected chi connectivity index (χ0v) is 9.51. The van der Waals surface area contributed by atoms with Gasteiger partial charge in [-0.2, -0.15) is 0 Å². The van der Waals surface area contributed by atoms with Crippen molar-refractivity contribution in [3.8, 4) is 5.75 Å². The SMILES string of the molecule is CC(C)COc1cccc([C@H](N)C(=O)O)c1. The van der Waals surface area contributed by atoms with E-state index in [2.05, 4.69) is 0 Å². The number of carboxylic acid groups (broad SMARTS) is 1. The number of aliphatic carboxylic acids is 1. The fourth-order valence-corrected chi connectivity index (χ4v) is 1.20. The molecule has 0 amide bonds. The van der Waals surface area contributed by atoms with Gasteiger partial charge in [0.1, 0.15) is 11.8 Å². The predicted molar refractivity (Wildman–Crippen MR) is 61.3 cm³/mol. The molecule has 0 saturated carbocycles. The highest BCUT2D eigenvalue weighted by Crippen LogP contribution is 2.18. The summed E-state index contributed by atoms with van der Waals surface area (Å²) in [7, 11) is 0. The van der Waals surface area contributed by atoms with Crippen molar-refractivity contribution in [3.63, 3.8) is 0 Å². The second-order valence-electron chi connectivity index (χ2n) is 4.09. The van der Waals surface area contributed by atoms with E-state index < -0.39 is 12.0 Å². The average molecular weight is 223 g/mol. The molecule has 0 aliphatic rings. The molecule has 0 saturated heterocycles. The van der Waals surface area contributed by atoms with Crippen LogP contribution >= 0.6 is 0 Å². The minimum Gasteiger partial charge on any atom is -0.493 e. The molecule has 1 aromatic carbocycles. The van der Waals surface area contributed by atoms with Crippen molar-refractivity contribution in [2.24, 2.45) is 11.7 Å². The fourth-order valence-electron chi connectivity index (χ4n) is 1.20. The zero-order valence-electron chi connectivity index (χ0n) is 9.51. The third-order valence-electron chi connectivity index (χ3n) is 2.07. The molecule has 0 heterocycles. The zero-order chi connectivity index (χ0) is 12.1. The van der Waals surface area contributed by atoms with E-state index in [9.17, 15) is 4.79 Å². The number of carbonyl (C=O) groups is 1. The Labute approximate surface area is 95.0 Å². The minimum atomic E-state index is -1.04. The van der Waals surface area contributed by atoms with Crippen molar-refractivity contribution in [3.05, 3.63) is 29.8 Å². The molecule has 1 atom stereocenters. The monoisotopic (exact) mass is 223 g/mol. The summed E-state index contributed by atoms with van der Waals surface area (Å²) >= 11 is 0. The van der Waals surface area contributed by atoms with E-state index in [1.165, 1.54) is 0 Å². The van der Waals surface area contributed by atoms with Crippen molar-refractivity contribution in [2.75, 3.05) is 6.61 Å². The topological polar surface area (TPSA) is 72.5 Å². The van der Waals surface area contributed by atoms with Gasteiger partial charge in [-0.05, 0) is 23.6 Å². The Hall–Kier alpha value is -1.55. The summed E-state index contributed by atoms with van der Waals surface area (Å²) in [6.45, 7) is 4.70. The lowest BCUT2D eigenvalue weighted by Crippen LogP contribution is -2.20. The predicted octanol–water partition coefficient (Wildman–Crippen LogP) is 1.81. The Morgan fingerprint density at radius 1 is 1.50 bits per heavy atom. The van der Waals surface area contributed by atoms with Crippen molar-refractivity contribution >= 4 is 5.97 Å². The molecule has 0 aromatic heterocycles. The molecule has 0 radical (unpaired) electrons. The first-order valence-electron chi connectivity index (χ1n) is 5.22. The molecule has 1 rings (SSSR count). The van der Waals surface area contributed by atoms with Crippen LogP contribution in [0.4, 0.5) is 0 Å². The summed E-state index contributed by atoms with van der Waals surface area (Å²) in [6, 6.07) is 5.89. The molecule has 16 heavy (non-hydrogen) atoms. The maximum Gasteiger partial charge on any atom is 0.325 e. The first kappa shape index (κ1) is 12.5. The van der Waals surface area contributed by atoms with Crippen LogP contribution in [0.15, 0.2) is 24.3 Å². The normalized spacial score (nSPS) is 12.5. The van der Waals surface area contributed by atoms with E-state index in [4.69, 9.17) is 15.6 Å². The van der Waals surface area contributed by atoms with Crippen LogP contribution in [0.1, 0.15) is 25.5 Å². The van der Waals surface area contributed by atoms with Crippen LogP contribution in [0.3, 0.4) is 0 Å². The van der Waals surface area contributed by atoms with Crippen molar-refractivity contribution < 1.29 is 14.6 Å². The maximum atomic E-state index is 10.7. The molecule has 4 nitrogen and oxygen atoms in total. The van der Waals surface area contributed by atoms with Gasteiger partial charge in [0.25, 0.3) is 0 Å². The highest BCUT2D eigenvalue weighted by molar-refractivity contribution is 5.75. The third kappa shape index (κ3) is 3.55. The van der Waals surface area contributed by atoms with E-state index >= 15 is 0 Å². The number of benzene rings is 1. The molecule has 3 N–H and O–H groups in total. The molecule has 0 aliphatic heterocycles.